The second-order valence-corrected chi connectivity index (χ2v) is 13.1. The van der Waals surface area contributed by atoms with Gasteiger partial charge >= 0.3 is 0 Å². The second-order valence-electron chi connectivity index (χ2n) is 10.8. The van der Waals surface area contributed by atoms with Crippen LogP contribution < -0.4 is 0 Å². The van der Waals surface area contributed by atoms with Crippen molar-refractivity contribution in [1.82, 2.24) is 0 Å². The van der Waals surface area contributed by atoms with Crippen LogP contribution in [0.4, 0.5) is 0 Å². The Hall–Kier alpha value is -2.98. The van der Waals surface area contributed by atoms with Crippen LogP contribution in [0.3, 0.4) is 0 Å². The van der Waals surface area contributed by atoms with E-state index in [0.717, 1.165) is 22.3 Å². The van der Waals surface area contributed by atoms with Gasteiger partial charge in [-0.25, -0.2) is 0 Å². The average molecular weight is 685 g/mol. The number of rotatable bonds is 14. The highest BCUT2D eigenvalue weighted by molar-refractivity contribution is 6.76. The molecule has 1 fully saturated rings. The Labute approximate surface area is 284 Å². The largest absolute Gasteiger partial charge is 0.445 e. The fourth-order valence-corrected chi connectivity index (χ4v) is 5.16. The summed E-state index contributed by atoms with van der Waals surface area (Å²) in [6.07, 6.45) is -4.17. The molecule has 1 saturated heterocycles. The highest BCUT2D eigenvalue weighted by atomic mass is 35.6. The summed E-state index contributed by atoms with van der Waals surface area (Å²) in [5.74, 6) is -0.606. The summed E-state index contributed by atoms with van der Waals surface area (Å²) in [6.45, 7) is 1.24. The molecule has 1 N–H and O–H groups in total. The smallest absolute Gasteiger partial charge is 0.265 e. The van der Waals surface area contributed by atoms with Crippen molar-refractivity contribution in [3.05, 3.63) is 144 Å². The maximum atomic E-state index is 8.37. The number of nitrogens with one attached hydrogen (secondary N) is 1. The molecule has 0 saturated carbocycles. The summed E-state index contributed by atoms with van der Waals surface area (Å²) < 4.78 is 36.1. The van der Waals surface area contributed by atoms with E-state index in [1.165, 1.54) is 0 Å². The van der Waals surface area contributed by atoms with Crippen LogP contribution >= 0.6 is 34.8 Å². The minimum atomic E-state index is -2.12. The zero-order valence-electron chi connectivity index (χ0n) is 25.1. The van der Waals surface area contributed by atoms with E-state index in [9.17, 15) is 0 Å². The molecule has 5 atom stereocenters. The van der Waals surface area contributed by atoms with Gasteiger partial charge in [-0.1, -0.05) is 156 Å². The van der Waals surface area contributed by atoms with Crippen LogP contribution in [0.15, 0.2) is 121 Å². The number of benzene rings is 4. The SMILES string of the molecule is N=C(O[C@@H]1OC(COCc2ccccc2)[C@@H](OCc2ccccc2)C(OCc2ccccc2)C1OCc1ccccc1)C(Cl)(Cl)Cl. The first-order valence-electron chi connectivity index (χ1n) is 14.9. The third kappa shape index (κ3) is 10.3. The monoisotopic (exact) mass is 683 g/mol. The molecule has 242 valence electrons. The summed E-state index contributed by atoms with van der Waals surface area (Å²) in [5.41, 5.74) is 3.87. The quantitative estimate of drug-likeness (QED) is 0.0823. The first-order chi connectivity index (χ1) is 22.4. The fraction of sp³-hybridized carbons (Fsp3) is 0.306. The first kappa shape index (κ1) is 34.4. The van der Waals surface area contributed by atoms with Gasteiger partial charge in [0.15, 0.2) is 0 Å². The van der Waals surface area contributed by atoms with Gasteiger partial charge in [-0.2, -0.15) is 0 Å². The zero-order valence-corrected chi connectivity index (χ0v) is 27.3. The average Bonchev–Trinajstić information content (AvgIpc) is 3.07. The Morgan fingerprint density at radius 1 is 0.565 bits per heavy atom. The highest BCUT2D eigenvalue weighted by Crippen LogP contribution is 2.34. The Morgan fingerprint density at radius 2 is 0.957 bits per heavy atom. The van der Waals surface area contributed by atoms with Crippen molar-refractivity contribution in [1.29, 1.82) is 5.41 Å². The van der Waals surface area contributed by atoms with Gasteiger partial charge in [0.25, 0.3) is 3.79 Å². The van der Waals surface area contributed by atoms with Crippen molar-refractivity contribution < 1.29 is 28.4 Å². The number of halogens is 3. The summed E-state index contributed by atoms with van der Waals surface area (Å²) >= 11 is 18.1. The van der Waals surface area contributed by atoms with E-state index in [-0.39, 0.29) is 26.4 Å². The summed E-state index contributed by atoms with van der Waals surface area (Å²) in [5, 5.41) is 8.37. The number of hydrogen-bond donors (Lipinski definition) is 1. The van der Waals surface area contributed by atoms with Crippen LogP contribution in [0.2, 0.25) is 0 Å². The number of hydrogen-bond acceptors (Lipinski definition) is 7. The highest BCUT2D eigenvalue weighted by Gasteiger charge is 2.51. The summed E-state index contributed by atoms with van der Waals surface area (Å²) in [7, 11) is 0. The summed E-state index contributed by atoms with van der Waals surface area (Å²) in [6, 6.07) is 39.2. The molecule has 0 amide bonds. The molecular formula is C36H36Cl3NO6. The Bertz CT molecular complexity index is 1460. The van der Waals surface area contributed by atoms with Crippen molar-refractivity contribution >= 4 is 40.7 Å². The maximum absolute atomic E-state index is 8.37. The van der Waals surface area contributed by atoms with Gasteiger partial charge in [0, 0.05) is 0 Å². The van der Waals surface area contributed by atoms with Crippen molar-refractivity contribution in [2.45, 2.75) is 60.9 Å². The molecule has 0 aliphatic carbocycles. The third-order valence-corrected chi connectivity index (χ3v) is 7.85. The molecule has 0 bridgehead atoms. The second kappa shape index (κ2) is 17.3. The van der Waals surface area contributed by atoms with E-state index in [4.69, 9.17) is 68.6 Å². The standard InChI is InChI=1S/C36H36Cl3NO6/c37-36(38,39)35(40)46-34-33(44-24-29-19-11-4-12-20-29)32(43-23-28-17-9-3-10-18-28)31(42-22-27-15-7-2-8-16-27)30(45-34)25-41-21-26-13-5-1-6-14-26/h1-20,30-34,40H,21-25H2/t30?,31-,32?,33?,34+/m1/s1. The molecule has 10 heteroatoms. The van der Waals surface area contributed by atoms with Gasteiger partial charge in [0.1, 0.15) is 24.4 Å². The molecule has 4 aromatic rings. The lowest BCUT2D eigenvalue weighted by Crippen LogP contribution is -2.62. The van der Waals surface area contributed by atoms with E-state index in [1.54, 1.807) is 0 Å². The van der Waals surface area contributed by atoms with E-state index in [2.05, 4.69) is 0 Å². The maximum Gasteiger partial charge on any atom is 0.265 e. The predicted octanol–water partition coefficient (Wildman–Crippen LogP) is 8.05. The predicted molar refractivity (Wildman–Crippen MR) is 179 cm³/mol. The van der Waals surface area contributed by atoms with Gasteiger partial charge in [-0.05, 0) is 22.3 Å². The van der Waals surface area contributed by atoms with E-state index in [1.807, 2.05) is 121 Å². The van der Waals surface area contributed by atoms with Crippen LogP contribution in [-0.2, 0) is 54.8 Å². The van der Waals surface area contributed by atoms with Gasteiger partial charge in [0.05, 0.1) is 33.0 Å². The molecule has 3 unspecified atom stereocenters. The van der Waals surface area contributed by atoms with Crippen molar-refractivity contribution in [2.75, 3.05) is 6.61 Å². The Kier molecular flexibility index (Phi) is 12.9. The molecule has 7 nitrogen and oxygen atoms in total. The van der Waals surface area contributed by atoms with Gasteiger partial charge in [0.2, 0.25) is 12.2 Å². The van der Waals surface area contributed by atoms with Gasteiger partial charge in [-0.15, -0.1) is 0 Å². The van der Waals surface area contributed by atoms with Gasteiger partial charge < -0.3 is 28.4 Å². The van der Waals surface area contributed by atoms with E-state index >= 15 is 0 Å². The first-order valence-corrected chi connectivity index (χ1v) is 16.1. The van der Waals surface area contributed by atoms with E-state index in [0.29, 0.717) is 6.61 Å². The van der Waals surface area contributed by atoms with Crippen LogP contribution in [0.1, 0.15) is 22.3 Å². The number of alkyl halides is 3. The minimum absolute atomic E-state index is 0.131. The van der Waals surface area contributed by atoms with Crippen LogP contribution in [0.25, 0.3) is 0 Å². The van der Waals surface area contributed by atoms with Gasteiger partial charge in [-0.3, -0.25) is 5.41 Å². The molecule has 0 spiro atoms. The van der Waals surface area contributed by atoms with Crippen molar-refractivity contribution in [2.24, 2.45) is 0 Å². The lowest BCUT2D eigenvalue weighted by Gasteiger charge is -2.46. The molecule has 4 aromatic carbocycles. The van der Waals surface area contributed by atoms with Crippen LogP contribution in [0, 0.1) is 5.41 Å². The molecular weight excluding hydrogens is 649 g/mol. The molecule has 1 heterocycles. The molecule has 0 radical (unpaired) electrons. The Morgan fingerprint density at radius 3 is 1.39 bits per heavy atom. The molecule has 46 heavy (non-hydrogen) atoms. The lowest BCUT2D eigenvalue weighted by molar-refractivity contribution is -0.313. The fourth-order valence-electron chi connectivity index (χ4n) is 5.02. The molecule has 1 aliphatic heterocycles. The Balaban J connectivity index is 1.46. The van der Waals surface area contributed by atoms with Crippen molar-refractivity contribution in [3.63, 3.8) is 0 Å². The topological polar surface area (TPSA) is 79.2 Å². The van der Waals surface area contributed by atoms with Crippen LogP contribution in [0.5, 0.6) is 0 Å². The van der Waals surface area contributed by atoms with Crippen molar-refractivity contribution in [3.8, 4) is 0 Å². The van der Waals surface area contributed by atoms with E-state index < -0.39 is 40.4 Å². The molecule has 5 rings (SSSR count). The molecule has 0 aromatic heterocycles. The summed E-state index contributed by atoms with van der Waals surface area (Å²) in [4.78, 5) is 0. The lowest BCUT2D eigenvalue weighted by atomic mass is 9.97. The minimum Gasteiger partial charge on any atom is -0.445 e. The third-order valence-electron chi connectivity index (χ3n) is 7.33. The van der Waals surface area contributed by atoms with Crippen LogP contribution in [-0.4, -0.2) is 47.0 Å². The number of ether oxygens (including phenoxy) is 6. The molecule has 1 aliphatic rings. The normalized spacial score (nSPS) is 21.5. The zero-order chi connectivity index (χ0) is 32.2.